The van der Waals surface area contributed by atoms with Crippen LogP contribution in [0.3, 0.4) is 0 Å². The number of halogens is 3. The molecule has 0 heterocycles. The summed E-state index contributed by atoms with van der Waals surface area (Å²) in [6, 6.07) is 18.8. The van der Waals surface area contributed by atoms with Gasteiger partial charge in [-0.15, -0.1) is 0 Å². The van der Waals surface area contributed by atoms with Gasteiger partial charge < -0.3 is 10.1 Å². The number of rotatable bonds is 9. The molecule has 0 spiro atoms. The minimum Gasteiger partial charge on any atom is -0.490 e. The number of hydrogen-bond donors (Lipinski definition) is 1. The van der Waals surface area contributed by atoms with Gasteiger partial charge in [0.05, 0.1) is 35.1 Å². The van der Waals surface area contributed by atoms with Gasteiger partial charge >= 0.3 is 0 Å². The SMILES string of the molecule is CS(=O)(=O)N(Cc1ccc(C(=O)NCCOc2ccccc2Cl)cc1)c1ccc(Br)c(Cl)c1. The molecule has 0 radical (unpaired) electrons. The van der Waals surface area contributed by atoms with Crippen molar-refractivity contribution in [2.75, 3.05) is 23.7 Å². The first kappa shape index (κ1) is 25.4. The molecule has 1 amide bonds. The standard InChI is InChI=1S/C23H21BrCl2N2O4S/c1-33(30,31)28(18-10-11-19(24)21(26)14-18)15-16-6-8-17(9-7-16)23(29)27-12-13-32-22-5-3-2-4-20(22)25/h2-11,14H,12-13,15H2,1H3,(H,27,29). The van der Waals surface area contributed by atoms with E-state index in [0.717, 1.165) is 11.8 Å². The first-order valence-electron chi connectivity index (χ1n) is 9.82. The highest BCUT2D eigenvalue weighted by Gasteiger charge is 2.19. The molecule has 0 saturated carbocycles. The van der Waals surface area contributed by atoms with Crippen molar-refractivity contribution < 1.29 is 17.9 Å². The van der Waals surface area contributed by atoms with Gasteiger partial charge in [0.15, 0.2) is 0 Å². The molecular formula is C23H21BrCl2N2O4S. The Morgan fingerprint density at radius 3 is 2.36 bits per heavy atom. The van der Waals surface area contributed by atoms with Crippen LogP contribution in [0.4, 0.5) is 5.69 Å². The van der Waals surface area contributed by atoms with Gasteiger partial charge in [0.1, 0.15) is 12.4 Å². The van der Waals surface area contributed by atoms with Gasteiger partial charge in [-0.05, 0) is 64.0 Å². The Morgan fingerprint density at radius 1 is 1.03 bits per heavy atom. The van der Waals surface area contributed by atoms with E-state index in [4.69, 9.17) is 27.9 Å². The summed E-state index contributed by atoms with van der Waals surface area (Å²) in [6.07, 6.45) is 1.13. The number of amides is 1. The van der Waals surface area contributed by atoms with Crippen LogP contribution in [0, 0.1) is 0 Å². The summed E-state index contributed by atoms with van der Waals surface area (Å²) < 4.78 is 32.2. The molecule has 0 unspecified atom stereocenters. The van der Waals surface area contributed by atoms with Crippen molar-refractivity contribution in [2.24, 2.45) is 0 Å². The number of ether oxygens (including phenoxy) is 1. The minimum absolute atomic E-state index is 0.102. The highest BCUT2D eigenvalue weighted by molar-refractivity contribution is 9.10. The zero-order valence-electron chi connectivity index (χ0n) is 17.6. The highest BCUT2D eigenvalue weighted by atomic mass is 79.9. The smallest absolute Gasteiger partial charge is 0.251 e. The third kappa shape index (κ3) is 7.11. The van der Waals surface area contributed by atoms with Crippen LogP contribution in [-0.2, 0) is 16.6 Å². The Hall–Kier alpha value is -2.26. The van der Waals surface area contributed by atoms with Crippen LogP contribution in [0.2, 0.25) is 10.0 Å². The third-order valence-electron chi connectivity index (χ3n) is 4.62. The zero-order chi connectivity index (χ0) is 24.0. The molecule has 174 valence electrons. The first-order valence-corrected chi connectivity index (χ1v) is 13.2. The average Bonchev–Trinajstić information content (AvgIpc) is 2.77. The molecule has 0 aliphatic rings. The van der Waals surface area contributed by atoms with Crippen molar-refractivity contribution in [3.63, 3.8) is 0 Å². The lowest BCUT2D eigenvalue weighted by Crippen LogP contribution is -2.29. The normalized spacial score (nSPS) is 11.2. The van der Waals surface area contributed by atoms with E-state index in [1.807, 2.05) is 12.1 Å². The van der Waals surface area contributed by atoms with Gasteiger partial charge in [-0.1, -0.05) is 47.5 Å². The molecule has 0 aliphatic heterocycles. The average molecular weight is 572 g/mol. The summed E-state index contributed by atoms with van der Waals surface area (Å²) in [4.78, 5) is 12.4. The molecule has 10 heteroatoms. The van der Waals surface area contributed by atoms with E-state index < -0.39 is 10.0 Å². The number of carbonyl (C=O) groups excluding carboxylic acids is 1. The second-order valence-corrected chi connectivity index (χ2v) is 10.7. The number of anilines is 1. The van der Waals surface area contributed by atoms with Gasteiger partial charge in [0.25, 0.3) is 5.91 Å². The zero-order valence-corrected chi connectivity index (χ0v) is 21.5. The van der Waals surface area contributed by atoms with E-state index >= 15 is 0 Å². The molecule has 6 nitrogen and oxygen atoms in total. The van der Waals surface area contributed by atoms with E-state index in [1.54, 1.807) is 54.6 Å². The van der Waals surface area contributed by atoms with Crippen LogP contribution >= 0.6 is 39.1 Å². The summed E-state index contributed by atoms with van der Waals surface area (Å²) in [7, 11) is -3.56. The Morgan fingerprint density at radius 2 is 1.73 bits per heavy atom. The molecule has 0 aliphatic carbocycles. The van der Waals surface area contributed by atoms with Crippen LogP contribution in [0.25, 0.3) is 0 Å². The van der Waals surface area contributed by atoms with Crippen LogP contribution in [-0.4, -0.2) is 33.7 Å². The molecule has 0 saturated heterocycles. The lowest BCUT2D eigenvalue weighted by molar-refractivity contribution is 0.0947. The lowest BCUT2D eigenvalue weighted by atomic mass is 10.1. The number of carbonyl (C=O) groups is 1. The highest BCUT2D eigenvalue weighted by Crippen LogP contribution is 2.29. The Kier molecular flexibility index (Phi) is 8.64. The van der Waals surface area contributed by atoms with Crippen LogP contribution in [0.1, 0.15) is 15.9 Å². The Bertz CT molecular complexity index is 1240. The van der Waals surface area contributed by atoms with E-state index in [-0.39, 0.29) is 19.1 Å². The second kappa shape index (κ2) is 11.2. The maximum absolute atomic E-state index is 12.4. The van der Waals surface area contributed by atoms with Crippen molar-refractivity contribution in [2.45, 2.75) is 6.54 Å². The fourth-order valence-corrected chi connectivity index (χ4v) is 4.45. The quantitative estimate of drug-likeness (QED) is 0.343. The molecule has 3 rings (SSSR count). The summed E-state index contributed by atoms with van der Waals surface area (Å²) in [6.45, 7) is 0.676. The van der Waals surface area contributed by atoms with Crippen molar-refractivity contribution in [3.8, 4) is 5.75 Å². The van der Waals surface area contributed by atoms with Gasteiger partial charge in [-0.2, -0.15) is 0 Å². The number of para-hydroxylation sites is 1. The molecule has 33 heavy (non-hydrogen) atoms. The molecule has 3 aromatic carbocycles. The topological polar surface area (TPSA) is 75.7 Å². The summed E-state index contributed by atoms with van der Waals surface area (Å²) >= 11 is 15.5. The maximum atomic E-state index is 12.4. The number of nitrogens with zero attached hydrogens (tertiary/aromatic N) is 1. The van der Waals surface area contributed by atoms with Crippen molar-refractivity contribution in [1.82, 2.24) is 5.32 Å². The number of sulfonamides is 1. The number of nitrogens with one attached hydrogen (secondary N) is 1. The number of benzene rings is 3. The van der Waals surface area contributed by atoms with E-state index in [0.29, 0.717) is 38.1 Å². The summed E-state index contributed by atoms with van der Waals surface area (Å²) in [5, 5.41) is 3.69. The molecular weight excluding hydrogens is 551 g/mol. The number of hydrogen-bond acceptors (Lipinski definition) is 4. The third-order valence-corrected chi connectivity index (χ3v) is 7.30. The molecule has 3 aromatic rings. The predicted molar refractivity (Wildman–Crippen MR) is 136 cm³/mol. The Balaban J connectivity index is 1.60. The van der Waals surface area contributed by atoms with Crippen LogP contribution < -0.4 is 14.4 Å². The van der Waals surface area contributed by atoms with Gasteiger partial charge in [-0.3, -0.25) is 9.10 Å². The van der Waals surface area contributed by atoms with Gasteiger partial charge in [0.2, 0.25) is 10.0 Å². The second-order valence-electron chi connectivity index (χ2n) is 7.10. The fourth-order valence-electron chi connectivity index (χ4n) is 2.96. The lowest BCUT2D eigenvalue weighted by Gasteiger charge is -2.23. The predicted octanol–water partition coefficient (Wildman–Crippen LogP) is 5.53. The largest absolute Gasteiger partial charge is 0.490 e. The van der Waals surface area contributed by atoms with Crippen molar-refractivity contribution in [1.29, 1.82) is 0 Å². The summed E-state index contributed by atoms with van der Waals surface area (Å²) in [5.41, 5.74) is 1.62. The van der Waals surface area contributed by atoms with Crippen LogP contribution in [0.15, 0.2) is 71.2 Å². The minimum atomic E-state index is -3.56. The van der Waals surface area contributed by atoms with Crippen molar-refractivity contribution >= 4 is 60.7 Å². The van der Waals surface area contributed by atoms with Crippen LogP contribution in [0.5, 0.6) is 5.75 Å². The van der Waals surface area contributed by atoms with Crippen molar-refractivity contribution in [3.05, 3.63) is 92.4 Å². The van der Waals surface area contributed by atoms with Gasteiger partial charge in [0, 0.05) is 10.0 Å². The fraction of sp³-hybridized carbons (Fsp3) is 0.174. The maximum Gasteiger partial charge on any atom is 0.251 e. The summed E-state index contributed by atoms with van der Waals surface area (Å²) in [5.74, 6) is 0.296. The molecule has 0 aromatic heterocycles. The first-order chi connectivity index (χ1) is 15.6. The van der Waals surface area contributed by atoms with Gasteiger partial charge in [-0.25, -0.2) is 8.42 Å². The molecule has 0 fully saturated rings. The molecule has 1 N–H and O–H groups in total. The Labute approximate surface area is 211 Å². The molecule has 0 bridgehead atoms. The van der Waals surface area contributed by atoms with E-state index in [9.17, 15) is 13.2 Å². The molecule has 0 atom stereocenters. The monoisotopic (exact) mass is 570 g/mol. The van der Waals surface area contributed by atoms with E-state index in [1.165, 1.54) is 4.31 Å². The van der Waals surface area contributed by atoms with E-state index in [2.05, 4.69) is 21.2 Å².